The maximum atomic E-state index is 6.69. The average Bonchev–Trinajstić information content (AvgIpc) is 3.15. The molecule has 3 aromatic heterocycles. The van der Waals surface area contributed by atoms with Gasteiger partial charge in [0.2, 0.25) is 11.4 Å². The Kier molecular flexibility index (Phi) is 4.56. The molecule has 3 nitrogen and oxygen atoms in total. The molecule has 3 heteroatoms. The standard InChI is InChI=1S/C32H35N2O/c1-18-11-14-34(8)24(15-18)26-20(3)16-19(2)25-22-17-21-9-10-23-27(28(21)33-30(22)35-29(25)26)32(6,7)13-12-31(23,4)5/h9-11,14-17H,12-13H2,1-8H3/q+1. The third kappa shape index (κ3) is 3.17. The minimum atomic E-state index is 0.0873. The molecule has 2 aromatic carbocycles. The Hall–Kier alpha value is -3.20. The van der Waals surface area contributed by atoms with Crippen LogP contribution in [0, 0.1) is 20.8 Å². The predicted molar refractivity (Wildman–Crippen MR) is 145 cm³/mol. The molecule has 0 N–H and O–H groups in total. The summed E-state index contributed by atoms with van der Waals surface area (Å²) in [7, 11) is 2.10. The fourth-order valence-electron chi connectivity index (χ4n) is 6.34. The normalized spacial score (nSPS) is 16.8. The van der Waals surface area contributed by atoms with Crippen LogP contribution in [0.3, 0.4) is 0 Å². The maximum absolute atomic E-state index is 6.69. The zero-order valence-electron chi connectivity index (χ0n) is 22.3. The van der Waals surface area contributed by atoms with E-state index in [1.807, 2.05) is 0 Å². The van der Waals surface area contributed by atoms with Crippen LogP contribution in [0.1, 0.15) is 68.4 Å². The first kappa shape index (κ1) is 22.3. The van der Waals surface area contributed by atoms with Gasteiger partial charge in [-0.05, 0) is 78.3 Å². The van der Waals surface area contributed by atoms with Crippen molar-refractivity contribution in [3.8, 4) is 11.3 Å². The van der Waals surface area contributed by atoms with Crippen molar-refractivity contribution in [3.05, 3.63) is 70.4 Å². The minimum absolute atomic E-state index is 0.0873. The Balaban J connectivity index is 1.74. The SMILES string of the molecule is Cc1cc[n+](C)c(-c2c(C)cc(C)c3c2oc2nc4c5c(ccc4cc23)C(C)(C)CCC5(C)C)c1. The van der Waals surface area contributed by atoms with Crippen molar-refractivity contribution in [3.63, 3.8) is 0 Å². The highest BCUT2D eigenvalue weighted by molar-refractivity contribution is 6.13. The lowest BCUT2D eigenvalue weighted by Crippen LogP contribution is -2.34. The fourth-order valence-corrected chi connectivity index (χ4v) is 6.34. The van der Waals surface area contributed by atoms with Gasteiger partial charge in [0.25, 0.3) is 0 Å². The second kappa shape index (κ2) is 7.16. The quantitative estimate of drug-likeness (QED) is 0.237. The van der Waals surface area contributed by atoms with Gasteiger partial charge in [-0.3, -0.25) is 0 Å². The summed E-state index contributed by atoms with van der Waals surface area (Å²) >= 11 is 0. The first-order valence-electron chi connectivity index (χ1n) is 12.8. The number of hydrogen-bond donors (Lipinski definition) is 0. The number of fused-ring (bicyclic) bond motifs is 6. The lowest BCUT2D eigenvalue weighted by Gasteiger charge is -2.42. The van der Waals surface area contributed by atoms with Crippen LogP contribution in [0.15, 0.2) is 47.0 Å². The Morgan fingerprint density at radius 3 is 2.40 bits per heavy atom. The number of rotatable bonds is 1. The van der Waals surface area contributed by atoms with E-state index in [0.717, 1.165) is 39.9 Å². The molecule has 5 aromatic rings. The van der Waals surface area contributed by atoms with Gasteiger partial charge in [0, 0.05) is 28.3 Å². The van der Waals surface area contributed by atoms with Gasteiger partial charge in [-0.15, -0.1) is 0 Å². The molecule has 0 aliphatic heterocycles. The summed E-state index contributed by atoms with van der Waals surface area (Å²) in [5.41, 5.74) is 11.9. The maximum Gasteiger partial charge on any atom is 0.227 e. The van der Waals surface area contributed by atoms with Gasteiger partial charge in [-0.25, -0.2) is 9.55 Å². The van der Waals surface area contributed by atoms with Gasteiger partial charge in [0.1, 0.15) is 7.05 Å². The monoisotopic (exact) mass is 463 g/mol. The Labute approximate surface area is 207 Å². The topological polar surface area (TPSA) is 29.9 Å². The summed E-state index contributed by atoms with van der Waals surface area (Å²) < 4.78 is 8.87. The van der Waals surface area contributed by atoms with E-state index >= 15 is 0 Å². The van der Waals surface area contributed by atoms with E-state index < -0.39 is 0 Å². The largest absolute Gasteiger partial charge is 0.437 e. The zero-order valence-corrected chi connectivity index (χ0v) is 22.3. The van der Waals surface area contributed by atoms with Gasteiger partial charge in [-0.2, -0.15) is 0 Å². The van der Waals surface area contributed by atoms with Gasteiger partial charge in [0.05, 0.1) is 11.1 Å². The molecule has 1 aliphatic rings. The van der Waals surface area contributed by atoms with Crippen LogP contribution in [-0.4, -0.2) is 4.98 Å². The Morgan fingerprint density at radius 2 is 1.63 bits per heavy atom. The molecule has 0 atom stereocenters. The van der Waals surface area contributed by atoms with E-state index in [2.05, 4.69) is 103 Å². The van der Waals surface area contributed by atoms with Crippen LogP contribution in [0.25, 0.3) is 44.2 Å². The van der Waals surface area contributed by atoms with Crippen molar-refractivity contribution in [2.75, 3.05) is 0 Å². The molecule has 1 aliphatic carbocycles. The molecule has 0 radical (unpaired) electrons. The number of pyridine rings is 2. The van der Waals surface area contributed by atoms with E-state index in [9.17, 15) is 0 Å². The summed E-state index contributed by atoms with van der Waals surface area (Å²) in [5, 5.41) is 3.48. The van der Waals surface area contributed by atoms with Crippen molar-refractivity contribution in [2.45, 2.75) is 72.1 Å². The smallest absolute Gasteiger partial charge is 0.227 e. The van der Waals surface area contributed by atoms with Gasteiger partial charge in [0.15, 0.2) is 11.8 Å². The summed E-state index contributed by atoms with van der Waals surface area (Å²) in [6.07, 6.45) is 4.49. The highest BCUT2D eigenvalue weighted by Crippen LogP contribution is 2.49. The van der Waals surface area contributed by atoms with Gasteiger partial charge in [-0.1, -0.05) is 45.9 Å². The molecule has 178 valence electrons. The fraction of sp³-hybridized carbons (Fsp3) is 0.375. The van der Waals surface area contributed by atoms with Crippen LogP contribution in [0.4, 0.5) is 0 Å². The van der Waals surface area contributed by atoms with E-state index in [0.29, 0.717) is 0 Å². The van der Waals surface area contributed by atoms with Crippen LogP contribution in [0.2, 0.25) is 0 Å². The molecule has 0 spiro atoms. The summed E-state index contributed by atoms with van der Waals surface area (Å²) in [5.74, 6) is 0. The Bertz CT molecular complexity index is 1680. The number of benzene rings is 2. The number of aromatic nitrogens is 2. The van der Waals surface area contributed by atoms with Crippen LogP contribution in [0.5, 0.6) is 0 Å². The van der Waals surface area contributed by atoms with E-state index in [1.165, 1.54) is 45.0 Å². The summed E-state index contributed by atoms with van der Waals surface area (Å²) in [4.78, 5) is 5.26. The molecule has 0 amide bonds. The number of nitrogens with zero attached hydrogens (tertiary/aromatic N) is 2. The first-order chi connectivity index (χ1) is 16.5. The molecule has 0 unspecified atom stereocenters. The van der Waals surface area contributed by atoms with E-state index in [1.54, 1.807) is 0 Å². The molecular weight excluding hydrogens is 428 g/mol. The Morgan fingerprint density at radius 1 is 0.886 bits per heavy atom. The predicted octanol–water partition coefficient (Wildman–Crippen LogP) is 7.90. The van der Waals surface area contributed by atoms with Crippen LogP contribution >= 0.6 is 0 Å². The lowest BCUT2D eigenvalue weighted by atomic mass is 9.62. The van der Waals surface area contributed by atoms with Gasteiger partial charge >= 0.3 is 0 Å². The minimum Gasteiger partial charge on any atom is -0.437 e. The molecule has 3 heterocycles. The highest BCUT2D eigenvalue weighted by Gasteiger charge is 2.39. The van der Waals surface area contributed by atoms with E-state index in [-0.39, 0.29) is 10.8 Å². The summed E-state index contributed by atoms with van der Waals surface area (Å²) in [6, 6.07) is 13.6. The third-order valence-electron chi connectivity index (χ3n) is 8.44. The lowest BCUT2D eigenvalue weighted by molar-refractivity contribution is -0.660. The molecule has 6 rings (SSSR count). The van der Waals surface area contributed by atoms with Crippen molar-refractivity contribution in [1.82, 2.24) is 4.98 Å². The van der Waals surface area contributed by atoms with Crippen molar-refractivity contribution >= 4 is 33.0 Å². The summed E-state index contributed by atoms with van der Waals surface area (Å²) in [6.45, 7) is 16.0. The first-order valence-corrected chi connectivity index (χ1v) is 12.8. The second-order valence-electron chi connectivity index (χ2n) is 12.1. The molecule has 0 fully saturated rings. The highest BCUT2D eigenvalue weighted by atomic mass is 16.3. The molecule has 0 bridgehead atoms. The van der Waals surface area contributed by atoms with Crippen molar-refractivity contribution in [2.24, 2.45) is 7.05 Å². The van der Waals surface area contributed by atoms with Crippen molar-refractivity contribution in [1.29, 1.82) is 0 Å². The number of hydrogen-bond acceptors (Lipinski definition) is 2. The second-order valence-corrected chi connectivity index (χ2v) is 12.1. The van der Waals surface area contributed by atoms with E-state index in [4.69, 9.17) is 9.40 Å². The van der Waals surface area contributed by atoms with Crippen LogP contribution < -0.4 is 4.57 Å². The molecular formula is C32H35N2O+. The number of aryl methyl sites for hydroxylation is 4. The van der Waals surface area contributed by atoms with Gasteiger partial charge < -0.3 is 4.42 Å². The number of furan rings is 1. The third-order valence-corrected chi connectivity index (χ3v) is 8.44. The van der Waals surface area contributed by atoms with Crippen molar-refractivity contribution < 1.29 is 8.98 Å². The zero-order chi connectivity index (χ0) is 24.9. The molecule has 0 saturated carbocycles. The average molecular weight is 464 g/mol. The van der Waals surface area contributed by atoms with Crippen LogP contribution in [-0.2, 0) is 17.9 Å². The molecule has 35 heavy (non-hydrogen) atoms. The molecule has 0 saturated heterocycles.